The van der Waals surface area contributed by atoms with E-state index in [0.717, 1.165) is 0 Å². The van der Waals surface area contributed by atoms with Gasteiger partial charge in [0, 0.05) is 19.4 Å². The van der Waals surface area contributed by atoms with Crippen LogP contribution in [0.25, 0.3) is 0 Å². The van der Waals surface area contributed by atoms with Crippen LogP contribution in [0, 0.1) is 5.21 Å². The Balaban J connectivity index is 4.73. The van der Waals surface area contributed by atoms with Crippen molar-refractivity contribution >= 4 is 10.0 Å². The van der Waals surface area contributed by atoms with Gasteiger partial charge in [-0.15, -0.1) is 0 Å². The summed E-state index contributed by atoms with van der Waals surface area (Å²) >= 11 is 0. The van der Waals surface area contributed by atoms with E-state index in [2.05, 4.69) is 0 Å². The van der Waals surface area contributed by atoms with E-state index in [0.29, 0.717) is 0 Å². The zero-order valence-corrected chi connectivity index (χ0v) is 13.1. The summed E-state index contributed by atoms with van der Waals surface area (Å²) in [6.45, 7) is -0.385. The van der Waals surface area contributed by atoms with Crippen LogP contribution >= 0.6 is 0 Å². The lowest BCUT2D eigenvalue weighted by atomic mass is 10.0. The Bertz CT molecular complexity index is 468. The lowest BCUT2D eigenvalue weighted by molar-refractivity contribution is -0.840. The number of hydroxylamine groups is 3. The van der Waals surface area contributed by atoms with Crippen LogP contribution in [0.4, 0.5) is 30.7 Å². The largest absolute Gasteiger partial charge is 0.633 e. The highest BCUT2D eigenvalue weighted by Gasteiger charge is 2.72. The minimum absolute atomic E-state index is 0.00897. The van der Waals surface area contributed by atoms with Crippen LogP contribution in [0.15, 0.2) is 0 Å². The molecule has 0 radical (unpaired) electrons. The highest BCUT2D eigenvalue weighted by atomic mass is 32.2. The molecule has 0 saturated carbocycles. The zero-order chi connectivity index (χ0) is 18.7. The predicted octanol–water partition coefficient (Wildman–Crippen LogP) is 2.09. The van der Waals surface area contributed by atoms with Crippen LogP contribution in [0.1, 0.15) is 12.8 Å². The Labute approximate surface area is 128 Å². The Morgan fingerprint density at radius 1 is 1.00 bits per heavy atom. The fourth-order valence-electron chi connectivity index (χ4n) is 1.48. The lowest BCUT2D eigenvalue weighted by Gasteiger charge is -2.33. The molecule has 0 aliphatic carbocycles. The van der Waals surface area contributed by atoms with Gasteiger partial charge in [0.05, 0.1) is 26.4 Å². The molecule has 0 aromatic carbocycles. The topological polar surface area (TPSA) is 69.2 Å². The highest BCUT2D eigenvalue weighted by molar-refractivity contribution is 7.89. The molecule has 0 unspecified atom stereocenters. The number of sulfonamides is 1. The highest BCUT2D eigenvalue weighted by Crippen LogP contribution is 2.48. The van der Waals surface area contributed by atoms with Gasteiger partial charge in [-0.3, -0.25) is 0 Å². The zero-order valence-electron chi connectivity index (χ0n) is 12.3. The smallest absolute Gasteiger partial charge is 0.431 e. The van der Waals surface area contributed by atoms with Crippen molar-refractivity contribution in [2.45, 2.75) is 30.9 Å². The van der Waals surface area contributed by atoms with Crippen LogP contribution in [0.2, 0.25) is 0 Å². The second-order valence-electron chi connectivity index (χ2n) is 5.41. The molecule has 0 bridgehead atoms. The molecule has 0 aromatic rings. The molecule has 0 aliphatic heterocycles. The normalized spacial score (nSPS) is 15.0. The Morgan fingerprint density at radius 2 is 1.43 bits per heavy atom. The van der Waals surface area contributed by atoms with Crippen LogP contribution in [0.3, 0.4) is 0 Å². The van der Waals surface area contributed by atoms with Crippen molar-refractivity contribution in [3.63, 3.8) is 0 Å². The third-order valence-electron chi connectivity index (χ3n) is 2.81. The maximum absolute atomic E-state index is 13.3. The quantitative estimate of drug-likeness (QED) is 0.304. The number of nitrogens with zero attached hydrogens (tertiary/aromatic N) is 1. The second-order valence-corrected chi connectivity index (χ2v) is 7.34. The number of hydrogen-bond acceptors (Lipinski definition) is 3. The number of quaternary nitrogens is 1. The molecule has 23 heavy (non-hydrogen) atoms. The Hall–Kier alpha value is -0.660. The monoisotopic (exact) mass is 378 g/mol. The molecular formula is C10H17F7N2O3S. The molecule has 0 amide bonds. The van der Waals surface area contributed by atoms with E-state index in [1.54, 1.807) is 4.72 Å². The molecule has 0 fully saturated rings. The number of halogens is 7. The third-order valence-corrected chi connectivity index (χ3v) is 4.19. The van der Waals surface area contributed by atoms with E-state index < -0.39 is 44.9 Å². The second kappa shape index (κ2) is 7.07. The minimum atomic E-state index is -6.29. The third kappa shape index (κ3) is 7.18. The van der Waals surface area contributed by atoms with Crippen molar-refractivity contribution in [1.29, 1.82) is 0 Å². The fraction of sp³-hybridized carbons (Fsp3) is 1.00. The molecule has 0 aromatic heterocycles. The summed E-state index contributed by atoms with van der Waals surface area (Å²) < 4.78 is 111. The molecule has 0 heterocycles. The van der Waals surface area contributed by atoms with Crippen molar-refractivity contribution in [1.82, 2.24) is 4.72 Å². The predicted molar refractivity (Wildman–Crippen MR) is 67.3 cm³/mol. The van der Waals surface area contributed by atoms with E-state index in [1.165, 1.54) is 14.1 Å². The summed E-state index contributed by atoms with van der Waals surface area (Å²) in [6, 6.07) is 0. The van der Waals surface area contributed by atoms with E-state index >= 15 is 0 Å². The average molecular weight is 378 g/mol. The van der Waals surface area contributed by atoms with Crippen LogP contribution in [-0.2, 0) is 10.0 Å². The van der Waals surface area contributed by atoms with E-state index in [-0.39, 0.29) is 19.5 Å². The van der Waals surface area contributed by atoms with Crippen molar-refractivity contribution in [3.05, 3.63) is 5.21 Å². The summed E-state index contributed by atoms with van der Waals surface area (Å²) in [5.74, 6) is -1.70. The van der Waals surface area contributed by atoms with Gasteiger partial charge >= 0.3 is 12.4 Å². The minimum Gasteiger partial charge on any atom is -0.633 e. The molecule has 0 saturated heterocycles. The summed E-state index contributed by atoms with van der Waals surface area (Å²) in [5.41, 5.74) is -5.61. The van der Waals surface area contributed by atoms with Gasteiger partial charge in [0.25, 0.3) is 5.67 Å². The Morgan fingerprint density at radius 3 is 1.78 bits per heavy atom. The van der Waals surface area contributed by atoms with Crippen molar-refractivity contribution in [3.8, 4) is 0 Å². The summed E-state index contributed by atoms with van der Waals surface area (Å²) in [5, 5.41) is 11.2. The maximum atomic E-state index is 13.3. The van der Waals surface area contributed by atoms with E-state index in [1.807, 2.05) is 0 Å². The van der Waals surface area contributed by atoms with Crippen LogP contribution in [0.5, 0.6) is 0 Å². The van der Waals surface area contributed by atoms with Gasteiger partial charge < -0.3 is 9.85 Å². The van der Waals surface area contributed by atoms with Gasteiger partial charge in [-0.2, -0.15) is 26.3 Å². The van der Waals surface area contributed by atoms with Crippen LogP contribution in [-0.4, -0.2) is 64.0 Å². The number of alkyl halides is 7. The van der Waals surface area contributed by atoms with Gasteiger partial charge in [0.2, 0.25) is 10.0 Å². The van der Waals surface area contributed by atoms with E-state index in [4.69, 9.17) is 0 Å². The van der Waals surface area contributed by atoms with Gasteiger partial charge in [-0.1, -0.05) is 0 Å². The summed E-state index contributed by atoms with van der Waals surface area (Å²) in [4.78, 5) is 0. The number of rotatable bonds is 8. The molecule has 0 spiro atoms. The summed E-state index contributed by atoms with van der Waals surface area (Å²) in [7, 11) is -2.03. The standard InChI is InChI=1S/C10H17F7N2O3S/c1-19(2,20)6-3-5-18-23(21,22)7-4-8(11,9(12,13)14)10(15,16)17/h18H,3-7H2,1-2H3. The van der Waals surface area contributed by atoms with Crippen LogP contribution < -0.4 is 4.72 Å². The molecule has 13 heteroatoms. The van der Waals surface area contributed by atoms with E-state index in [9.17, 15) is 44.4 Å². The summed E-state index contributed by atoms with van der Waals surface area (Å²) in [6.07, 6.45) is -14.9. The molecule has 0 aliphatic rings. The average Bonchev–Trinajstić information content (AvgIpc) is 2.28. The van der Waals surface area contributed by atoms with Gasteiger partial charge in [0.1, 0.15) is 0 Å². The lowest BCUT2D eigenvalue weighted by Crippen LogP contribution is -2.54. The molecule has 5 nitrogen and oxygen atoms in total. The molecular weight excluding hydrogens is 361 g/mol. The first kappa shape index (κ1) is 22.3. The SMILES string of the molecule is C[N+](C)([O-])CCCNS(=O)(=O)CCC(F)(C(F)(F)F)C(F)(F)F. The number of nitrogens with one attached hydrogen (secondary N) is 1. The first-order chi connectivity index (χ1) is 9.91. The molecule has 0 rings (SSSR count). The number of hydrogen-bond donors (Lipinski definition) is 1. The van der Waals surface area contributed by atoms with Gasteiger partial charge in [-0.25, -0.2) is 17.5 Å². The van der Waals surface area contributed by atoms with Crippen molar-refractivity contribution in [2.75, 3.05) is 32.9 Å². The van der Waals surface area contributed by atoms with Gasteiger partial charge in [0.15, 0.2) is 0 Å². The Kier molecular flexibility index (Phi) is 6.87. The van der Waals surface area contributed by atoms with Crippen molar-refractivity contribution in [2.24, 2.45) is 0 Å². The molecule has 1 N–H and O–H groups in total. The first-order valence-electron chi connectivity index (χ1n) is 6.25. The van der Waals surface area contributed by atoms with Crippen molar-refractivity contribution < 1.29 is 43.8 Å². The maximum Gasteiger partial charge on any atom is 0.431 e. The molecule has 140 valence electrons. The molecule has 0 atom stereocenters. The fourth-order valence-corrected chi connectivity index (χ4v) is 2.63. The van der Waals surface area contributed by atoms with Gasteiger partial charge in [-0.05, 0) is 0 Å². The first-order valence-corrected chi connectivity index (χ1v) is 7.90.